The van der Waals surface area contributed by atoms with E-state index in [4.69, 9.17) is 4.74 Å². The lowest BCUT2D eigenvalue weighted by molar-refractivity contribution is -0.141. The summed E-state index contributed by atoms with van der Waals surface area (Å²) in [4.78, 5) is 25.0. The Hall–Kier alpha value is -1.58. The minimum atomic E-state index is -0.400. The molecule has 0 saturated carbocycles. The first-order chi connectivity index (χ1) is 14.0. The average Bonchev–Trinajstić information content (AvgIpc) is 2.70. The van der Waals surface area contributed by atoms with E-state index >= 15 is 0 Å². The van der Waals surface area contributed by atoms with Crippen molar-refractivity contribution in [3.8, 4) is 0 Å². The fourth-order valence-corrected chi connectivity index (χ4v) is 3.06. The Morgan fingerprint density at radius 1 is 0.862 bits per heavy atom. The molecule has 0 aliphatic carbocycles. The van der Waals surface area contributed by atoms with Crippen LogP contribution in [0.2, 0.25) is 0 Å². The summed E-state index contributed by atoms with van der Waals surface area (Å²) < 4.78 is 5.02. The van der Waals surface area contributed by atoms with E-state index in [0.717, 1.165) is 12.8 Å². The van der Waals surface area contributed by atoms with Gasteiger partial charge in [0.05, 0.1) is 6.54 Å². The largest absolute Gasteiger partial charge is 0.460 e. The molecule has 0 spiro atoms. The molecule has 0 heterocycles. The lowest BCUT2D eigenvalue weighted by Gasteiger charge is -2.17. The molecule has 1 amide bonds. The van der Waals surface area contributed by atoms with Crippen molar-refractivity contribution < 1.29 is 14.3 Å². The van der Waals surface area contributed by atoms with Crippen LogP contribution in [0, 0.1) is 0 Å². The van der Waals surface area contributed by atoms with Crippen molar-refractivity contribution in [2.24, 2.45) is 0 Å². The number of allylic oxidation sites excluding steroid dienone is 2. The number of esters is 1. The minimum Gasteiger partial charge on any atom is -0.460 e. The lowest BCUT2D eigenvalue weighted by Crippen LogP contribution is -2.30. The molecule has 168 valence electrons. The monoisotopic (exact) mass is 407 g/mol. The standard InChI is InChI=1S/C25H45NO3/c1-5-6-7-8-9-10-11-12-13-14-15-16-17-18-19-20-24(27)26(4)21-22-29-25(28)23(2)3/h12-13H,2,5-11,14-22H2,1,3-4H3/b13-12-. The van der Waals surface area contributed by atoms with E-state index in [9.17, 15) is 9.59 Å². The predicted molar refractivity (Wildman–Crippen MR) is 123 cm³/mol. The normalized spacial score (nSPS) is 11.0. The Labute approximate surface area is 179 Å². The summed E-state index contributed by atoms with van der Waals surface area (Å²) in [6.07, 6.45) is 21.6. The first-order valence-electron chi connectivity index (χ1n) is 11.7. The summed E-state index contributed by atoms with van der Waals surface area (Å²) in [5, 5.41) is 0. The second-order valence-corrected chi connectivity index (χ2v) is 8.07. The Bertz CT molecular complexity index is 471. The van der Waals surface area contributed by atoms with Crippen LogP contribution in [-0.2, 0) is 14.3 Å². The molecule has 0 fully saturated rings. The minimum absolute atomic E-state index is 0.119. The van der Waals surface area contributed by atoms with E-state index < -0.39 is 5.97 Å². The third-order valence-electron chi connectivity index (χ3n) is 5.09. The molecular weight excluding hydrogens is 362 g/mol. The van der Waals surface area contributed by atoms with Crippen LogP contribution in [0.5, 0.6) is 0 Å². The zero-order valence-electron chi connectivity index (χ0n) is 19.3. The van der Waals surface area contributed by atoms with Gasteiger partial charge in [0.2, 0.25) is 5.91 Å². The van der Waals surface area contributed by atoms with Gasteiger partial charge in [0.25, 0.3) is 0 Å². The van der Waals surface area contributed by atoms with Gasteiger partial charge in [-0.3, -0.25) is 4.79 Å². The highest BCUT2D eigenvalue weighted by Crippen LogP contribution is 2.10. The van der Waals surface area contributed by atoms with E-state index in [1.165, 1.54) is 70.6 Å². The van der Waals surface area contributed by atoms with Gasteiger partial charge in [0.1, 0.15) is 6.61 Å². The van der Waals surface area contributed by atoms with Crippen molar-refractivity contribution >= 4 is 11.9 Å². The molecule has 0 aliphatic heterocycles. The van der Waals surface area contributed by atoms with E-state index in [1.54, 1.807) is 18.9 Å². The summed E-state index contributed by atoms with van der Waals surface area (Å²) in [5.41, 5.74) is 0.382. The van der Waals surface area contributed by atoms with Crippen LogP contribution in [-0.4, -0.2) is 37.0 Å². The number of unbranched alkanes of at least 4 members (excludes halogenated alkanes) is 11. The second kappa shape index (κ2) is 19.7. The Morgan fingerprint density at radius 2 is 1.38 bits per heavy atom. The predicted octanol–water partition coefficient (Wildman–Crippen LogP) is 6.60. The van der Waals surface area contributed by atoms with Gasteiger partial charge < -0.3 is 9.64 Å². The SMILES string of the molecule is C=C(C)C(=O)OCCN(C)C(=O)CCCCCCC/C=C\CCCCCCCC. The molecule has 4 nitrogen and oxygen atoms in total. The number of likely N-dealkylation sites (N-methyl/N-ethyl adjacent to an activating group) is 1. The summed E-state index contributed by atoms with van der Waals surface area (Å²) >= 11 is 0. The third kappa shape index (κ3) is 18.2. The zero-order valence-corrected chi connectivity index (χ0v) is 19.3. The molecule has 0 aromatic carbocycles. The van der Waals surface area contributed by atoms with Gasteiger partial charge in [-0.15, -0.1) is 0 Å². The molecule has 29 heavy (non-hydrogen) atoms. The first kappa shape index (κ1) is 27.4. The molecule has 0 aromatic rings. The van der Waals surface area contributed by atoms with Crippen LogP contribution in [0.4, 0.5) is 0 Å². The third-order valence-corrected chi connectivity index (χ3v) is 5.09. The molecule has 0 N–H and O–H groups in total. The fraction of sp³-hybridized carbons (Fsp3) is 0.760. The first-order valence-corrected chi connectivity index (χ1v) is 11.7. The average molecular weight is 408 g/mol. The molecule has 0 aromatic heterocycles. The summed E-state index contributed by atoms with van der Waals surface area (Å²) in [6, 6.07) is 0. The van der Waals surface area contributed by atoms with Crippen LogP contribution in [0.15, 0.2) is 24.3 Å². The van der Waals surface area contributed by atoms with Gasteiger partial charge in [-0.05, 0) is 39.0 Å². The van der Waals surface area contributed by atoms with Crippen molar-refractivity contribution in [2.45, 2.75) is 104 Å². The molecule has 0 bridgehead atoms. The number of carbonyl (C=O) groups is 2. The maximum Gasteiger partial charge on any atom is 0.333 e. The number of hydrogen-bond donors (Lipinski definition) is 0. The van der Waals surface area contributed by atoms with Gasteiger partial charge in [0, 0.05) is 19.0 Å². The van der Waals surface area contributed by atoms with Crippen molar-refractivity contribution in [3.63, 3.8) is 0 Å². The molecule has 0 saturated heterocycles. The number of carbonyl (C=O) groups excluding carboxylic acids is 2. The van der Waals surface area contributed by atoms with Crippen molar-refractivity contribution in [2.75, 3.05) is 20.2 Å². The van der Waals surface area contributed by atoms with Crippen LogP contribution >= 0.6 is 0 Å². The number of hydrogen-bond acceptors (Lipinski definition) is 3. The molecule has 0 unspecified atom stereocenters. The molecule has 0 atom stereocenters. The number of nitrogens with zero attached hydrogens (tertiary/aromatic N) is 1. The maximum absolute atomic E-state index is 12.0. The highest BCUT2D eigenvalue weighted by atomic mass is 16.5. The fourth-order valence-electron chi connectivity index (χ4n) is 3.06. The van der Waals surface area contributed by atoms with Crippen molar-refractivity contribution in [1.82, 2.24) is 4.90 Å². The molecule has 4 heteroatoms. The molecule has 0 aliphatic rings. The summed E-state index contributed by atoms with van der Waals surface area (Å²) in [7, 11) is 1.76. The van der Waals surface area contributed by atoms with Gasteiger partial charge in [-0.2, -0.15) is 0 Å². The van der Waals surface area contributed by atoms with Crippen LogP contribution in [0.25, 0.3) is 0 Å². The Kier molecular flexibility index (Phi) is 18.6. The zero-order chi connectivity index (χ0) is 21.7. The van der Waals surface area contributed by atoms with Gasteiger partial charge in [-0.1, -0.05) is 77.0 Å². The highest BCUT2D eigenvalue weighted by molar-refractivity contribution is 5.86. The van der Waals surface area contributed by atoms with Gasteiger partial charge in [0.15, 0.2) is 0 Å². The van der Waals surface area contributed by atoms with Crippen LogP contribution in [0.1, 0.15) is 104 Å². The maximum atomic E-state index is 12.0. The van der Waals surface area contributed by atoms with Crippen LogP contribution in [0.3, 0.4) is 0 Å². The van der Waals surface area contributed by atoms with E-state index in [1.807, 2.05) is 0 Å². The quantitative estimate of drug-likeness (QED) is 0.105. The van der Waals surface area contributed by atoms with E-state index in [-0.39, 0.29) is 12.5 Å². The number of amides is 1. The van der Waals surface area contributed by atoms with E-state index in [0.29, 0.717) is 18.5 Å². The second-order valence-electron chi connectivity index (χ2n) is 8.07. The van der Waals surface area contributed by atoms with Crippen LogP contribution < -0.4 is 0 Å². The molecule has 0 radical (unpaired) electrons. The highest BCUT2D eigenvalue weighted by Gasteiger charge is 2.09. The van der Waals surface area contributed by atoms with E-state index in [2.05, 4.69) is 25.7 Å². The van der Waals surface area contributed by atoms with Gasteiger partial charge in [-0.25, -0.2) is 4.79 Å². The Balaban J connectivity index is 3.44. The summed E-state index contributed by atoms with van der Waals surface area (Å²) in [6.45, 7) is 8.06. The molecular formula is C25H45NO3. The van der Waals surface area contributed by atoms with Gasteiger partial charge >= 0.3 is 5.97 Å². The number of rotatable bonds is 19. The van der Waals surface area contributed by atoms with Crippen molar-refractivity contribution in [1.29, 1.82) is 0 Å². The van der Waals surface area contributed by atoms with Crippen molar-refractivity contribution in [3.05, 3.63) is 24.3 Å². The Morgan fingerprint density at radius 3 is 1.93 bits per heavy atom. The molecule has 0 rings (SSSR count). The number of ether oxygens (including phenoxy) is 1. The topological polar surface area (TPSA) is 46.6 Å². The summed E-state index contributed by atoms with van der Waals surface area (Å²) in [5.74, 6) is -0.280. The lowest BCUT2D eigenvalue weighted by atomic mass is 10.1. The smallest absolute Gasteiger partial charge is 0.333 e.